The third-order valence-corrected chi connectivity index (χ3v) is 4.53. The van der Waals surface area contributed by atoms with Crippen LogP contribution in [0.3, 0.4) is 0 Å². The van der Waals surface area contributed by atoms with Crippen LogP contribution in [0.2, 0.25) is 0 Å². The van der Waals surface area contributed by atoms with E-state index >= 15 is 0 Å². The normalized spacial score (nSPS) is 18.4. The fourth-order valence-corrected chi connectivity index (χ4v) is 2.94. The van der Waals surface area contributed by atoms with Crippen LogP contribution in [0.5, 0.6) is 5.75 Å². The molecule has 0 spiro atoms. The Labute approximate surface area is 147 Å². The first-order valence-electron chi connectivity index (χ1n) is 8.31. The molecule has 2 N–H and O–H groups in total. The second kappa shape index (κ2) is 6.97. The molecule has 5 nitrogen and oxygen atoms in total. The van der Waals surface area contributed by atoms with E-state index in [0.29, 0.717) is 17.9 Å². The summed E-state index contributed by atoms with van der Waals surface area (Å²) in [6, 6.07) is 13.1. The summed E-state index contributed by atoms with van der Waals surface area (Å²) >= 11 is 0. The molecule has 0 aromatic heterocycles. The summed E-state index contributed by atoms with van der Waals surface area (Å²) < 4.78 is 5.15. The molecule has 5 heteroatoms. The van der Waals surface area contributed by atoms with E-state index in [0.717, 1.165) is 16.8 Å². The van der Waals surface area contributed by atoms with E-state index in [4.69, 9.17) is 4.74 Å². The average molecular weight is 338 g/mol. The molecule has 2 unspecified atom stereocenters. The topological polar surface area (TPSA) is 67.4 Å². The smallest absolute Gasteiger partial charge is 0.228 e. The Bertz CT molecular complexity index is 796. The van der Waals surface area contributed by atoms with E-state index in [1.165, 1.54) is 0 Å². The number of anilines is 2. The first kappa shape index (κ1) is 17.0. The highest BCUT2D eigenvalue weighted by Gasteiger charge is 2.48. The van der Waals surface area contributed by atoms with Gasteiger partial charge in [0, 0.05) is 17.4 Å². The van der Waals surface area contributed by atoms with Crippen molar-refractivity contribution in [3.63, 3.8) is 0 Å². The molecule has 0 radical (unpaired) electrons. The summed E-state index contributed by atoms with van der Waals surface area (Å²) in [4.78, 5) is 24.8. The van der Waals surface area contributed by atoms with Gasteiger partial charge in [-0.2, -0.15) is 0 Å². The third kappa shape index (κ3) is 3.82. The quantitative estimate of drug-likeness (QED) is 0.876. The van der Waals surface area contributed by atoms with Crippen LogP contribution in [0.4, 0.5) is 11.4 Å². The Kier molecular flexibility index (Phi) is 4.74. The van der Waals surface area contributed by atoms with E-state index in [1.54, 1.807) is 19.2 Å². The maximum atomic E-state index is 12.4. The number of ether oxygens (including phenoxy) is 1. The fraction of sp³-hybridized carbons (Fsp3) is 0.300. The van der Waals surface area contributed by atoms with E-state index < -0.39 is 0 Å². The summed E-state index contributed by atoms with van der Waals surface area (Å²) in [7, 11) is 1.58. The fourth-order valence-electron chi connectivity index (χ4n) is 2.94. The van der Waals surface area contributed by atoms with Crippen molar-refractivity contribution in [2.45, 2.75) is 20.3 Å². The van der Waals surface area contributed by atoms with Gasteiger partial charge in [0.2, 0.25) is 11.8 Å². The number of benzene rings is 2. The van der Waals surface area contributed by atoms with Crippen LogP contribution in [0, 0.1) is 25.7 Å². The Morgan fingerprint density at radius 3 is 2.20 bits per heavy atom. The van der Waals surface area contributed by atoms with Crippen molar-refractivity contribution in [2.24, 2.45) is 11.8 Å². The predicted molar refractivity (Wildman–Crippen MR) is 97.8 cm³/mol. The van der Waals surface area contributed by atoms with Crippen LogP contribution in [0.15, 0.2) is 42.5 Å². The van der Waals surface area contributed by atoms with Crippen molar-refractivity contribution in [2.75, 3.05) is 17.7 Å². The molecule has 1 aliphatic rings. The molecule has 3 rings (SSSR count). The molecular weight excluding hydrogens is 316 g/mol. The lowest BCUT2D eigenvalue weighted by atomic mass is 10.1. The summed E-state index contributed by atoms with van der Waals surface area (Å²) in [5.41, 5.74) is 3.55. The van der Waals surface area contributed by atoms with Crippen molar-refractivity contribution < 1.29 is 14.3 Å². The van der Waals surface area contributed by atoms with Gasteiger partial charge in [-0.1, -0.05) is 24.3 Å². The minimum Gasteiger partial charge on any atom is -0.497 e. The molecule has 0 heterocycles. The van der Waals surface area contributed by atoms with Crippen molar-refractivity contribution in [1.29, 1.82) is 0 Å². The molecule has 0 saturated heterocycles. The number of hydrogen-bond acceptors (Lipinski definition) is 3. The van der Waals surface area contributed by atoms with Gasteiger partial charge < -0.3 is 15.4 Å². The summed E-state index contributed by atoms with van der Waals surface area (Å²) in [6.07, 6.45) is 0.576. The molecule has 2 atom stereocenters. The van der Waals surface area contributed by atoms with Crippen molar-refractivity contribution in [3.05, 3.63) is 53.6 Å². The Hall–Kier alpha value is -2.82. The number of methoxy groups -OCH3 is 1. The average Bonchev–Trinajstić information content (AvgIpc) is 3.39. The van der Waals surface area contributed by atoms with Crippen LogP contribution in [-0.4, -0.2) is 18.9 Å². The van der Waals surface area contributed by atoms with Gasteiger partial charge in [0.1, 0.15) is 5.75 Å². The van der Waals surface area contributed by atoms with Crippen molar-refractivity contribution >= 4 is 23.2 Å². The summed E-state index contributed by atoms with van der Waals surface area (Å²) in [5, 5.41) is 5.82. The zero-order chi connectivity index (χ0) is 18.0. The highest BCUT2D eigenvalue weighted by molar-refractivity contribution is 6.03. The number of nitrogens with one attached hydrogen (secondary N) is 2. The minimum absolute atomic E-state index is 0.0943. The molecular formula is C20H22N2O3. The molecule has 0 bridgehead atoms. The van der Waals surface area contributed by atoms with Crippen LogP contribution >= 0.6 is 0 Å². The van der Waals surface area contributed by atoms with Gasteiger partial charge in [0.05, 0.1) is 18.9 Å². The molecule has 2 aromatic rings. The molecule has 2 amide bonds. The highest BCUT2D eigenvalue weighted by atomic mass is 16.5. The standard InChI is InChI=1S/C20H22N2O3/c1-12-6-4-7-13(2)18(12)22-20(24)17-11-16(17)19(23)21-14-8-5-9-15(10-14)25-3/h4-10,16-17H,11H2,1-3H3,(H,21,23)(H,22,24). The number of hydrogen-bond donors (Lipinski definition) is 2. The largest absolute Gasteiger partial charge is 0.497 e. The zero-order valence-electron chi connectivity index (χ0n) is 14.6. The maximum Gasteiger partial charge on any atom is 0.228 e. The SMILES string of the molecule is COc1cccc(NC(=O)C2CC2C(=O)Nc2c(C)cccc2C)c1. The van der Waals surface area contributed by atoms with E-state index in [9.17, 15) is 9.59 Å². The lowest BCUT2D eigenvalue weighted by molar-refractivity contribution is -0.122. The maximum absolute atomic E-state index is 12.4. The highest BCUT2D eigenvalue weighted by Crippen LogP contribution is 2.40. The van der Waals surface area contributed by atoms with Crippen LogP contribution in [0.1, 0.15) is 17.5 Å². The van der Waals surface area contributed by atoms with Crippen LogP contribution in [-0.2, 0) is 9.59 Å². The molecule has 1 aliphatic carbocycles. The second-order valence-corrected chi connectivity index (χ2v) is 6.43. The van der Waals surface area contributed by atoms with Gasteiger partial charge in [0.25, 0.3) is 0 Å². The first-order chi connectivity index (χ1) is 12.0. The molecule has 1 fully saturated rings. The van der Waals surface area contributed by atoms with Crippen LogP contribution in [0.25, 0.3) is 0 Å². The first-order valence-corrected chi connectivity index (χ1v) is 8.31. The number of amides is 2. The Morgan fingerprint density at radius 1 is 0.960 bits per heavy atom. The minimum atomic E-state index is -0.282. The summed E-state index contributed by atoms with van der Waals surface area (Å²) in [5.74, 6) is -0.101. The number of para-hydroxylation sites is 1. The number of aryl methyl sites for hydroxylation is 2. The van der Waals surface area contributed by atoms with E-state index in [1.807, 2.05) is 44.2 Å². The van der Waals surface area contributed by atoms with Crippen molar-refractivity contribution in [3.8, 4) is 5.75 Å². The molecule has 130 valence electrons. The van der Waals surface area contributed by atoms with E-state index in [2.05, 4.69) is 10.6 Å². The number of rotatable bonds is 5. The van der Waals surface area contributed by atoms with Gasteiger partial charge in [-0.3, -0.25) is 9.59 Å². The number of carbonyl (C=O) groups excluding carboxylic acids is 2. The molecule has 25 heavy (non-hydrogen) atoms. The van der Waals surface area contributed by atoms with Gasteiger partial charge >= 0.3 is 0 Å². The Morgan fingerprint density at radius 2 is 1.56 bits per heavy atom. The number of carbonyl (C=O) groups is 2. The lowest BCUT2D eigenvalue weighted by Gasteiger charge is -2.11. The summed E-state index contributed by atoms with van der Waals surface area (Å²) in [6.45, 7) is 3.92. The second-order valence-electron chi connectivity index (χ2n) is 6.43. The third-order valence-electron chi connectivity index (χ3n) is 4.53. The van der Waals surface area contributed by atoms with Crippen molar-refractivity contribution in [1.82, 2.24) is 0 Å². The molecule has 2 aromatic carbocycles. The molecule has 0 aliphatic heterocycles. The van der Waals surface area contributed by atoms with Gasteiger partial charge in [0.15, 0.2) is 0 Å². The van der Waals surface area contributed by atoms with E-state index in [-0.39, 0.29) is 23.7 Å². The monoisotopic (exact) mass is 338 g/mol. The Balaban J connectivity index is 1.60. The van der Waals surface area contributed by atoms with Crippen LogP contribution < -0.4 is 15.4 Å². The van der Waals surface area contributed by atoms with Gasteiger partial charge in [-0.15, -0.1) is 0 Å². The predicted octanol–water partition coefficient (Wildman–Crippen LogP) is 3.53. The molecule has 1 saturated carbocycles. The zero-order valence-corrected chi connectivity index (χ0v) is 14.6. The van der Waals surface area contributed by atoms with Gasteiger partial charge in [-0.25, -0.2) is 0 Å². The van der Waals surface area contributed by atoms with Gasteiger partial charge in [-0.05, 0) is 43.5 Å². The lowest BCUT2D eigenvalue weighted by Crippen LogP contribution is -2.21.